The van der Waals surface area contributed by atoms with Gasteiger partial charge in [0.15, 0.2) is 0 Å². The molecule has 4 heterocycles. The van der Waals surface area contributed by atoms with Gasteiger partial charge in [0.1, 0.15) is 23.9 Å². The molecule has 0 unspecified atom stereocenters. The molecule has 220 valence electrons. The monoisotopic (exact) mass is 604 g/mol. The molecule has 0 amide bonds. The summed E-state index contributed by atoms with van der Waals surface area (Å²) in [6.07, 6.45) is 10.2. The minimum atomic E-state index is -0.485. The summed E-state index contributed by atoms with van der Waals surface area (Å²) in [5.41, 5.74) is 15.4. The second-order valence-electron chi connectivity index (χ2n) is 11.9. The molecule has 2 aliphatic carbocycles. The van der Waals surface area contributed by atoms with Crippen LogP contribution in [0, 0.1) is 0 Å². The summed E-state index contributed by atoms with van der Waals surface area (Å²) in [4.78, 5) is 17.9. The highest BCUT2D eigenvalue weighted by Crippen LogP contribution is 2.63. The van der Waals surface area contributed by atoms with Crippen molar-refractivity contribution < 1.29 is 8.83 Å². The summed E-state index contributed by atoms with van der Waals surface area (Å²) in [6.45, 7) is 0. The van der Waals surface area contributed by atoms with Crippen molar-refractivity contribution in [1.29, 1.82) is 0 Å². The smallest absolute Gasteiger partial charge is 0.244 e. The average Bonchev–Trinajstić information content (AvgIpc) is 3.96. The average molecular weight is 605 g/mol. The molecule has 10 rings (SSSR count). The molecule has 6 heteroatoms. The van der Waals surface area contributed by atoms with Gasteiger partial charge in [0, 0.05) is 23.5 Å². The Kier molecular flexibility index (Phi) is 5.40. The number of hydrogen-bond acceptors (Lipinski definition) is 6. The topological polar surface area (TPSA) is 77.8 Å². The molecular weight excluding hydrogens is 580 g/mol. The van der Waals surface area contributed by atoms with Crippen LogP contribution >= 0.6 is 0 Å². The van der Waals surface area contributed by atoms with Gasteiger partial charge in [0.05, 0.1) is 17.8 Å². The van der Waals surface area contributed by atoms with E-state index in [2.05, 4.69) is 117 Å². The predicted molar refractivity (Wildman–Crippen MR) is 180 cm³/mol. The first-order valence-electron chi connectivity index (χ1n) is 15.5. The van der Waals surface area contributed by atoms with Crippen LogP contribution in [-0.4, -0.2) is 19.9 Å². The molecule has 0 saturated carbocycles. The van der Waals surface area contributed by atoms with E-state index >= 15 is 0 Å². The molecule has 0 fully saturated rings. The van der Waals surface area contributed by atoms with Crippen LogP contribution in [0.1, 0.15) is 22.3 Å². The Morgan fingerprint density at radius 3 is 1.28 bits per heavy atom. The number of benzene rings is 4. The Morgan fingerprint density at radius 1 is 0.404 bits per heavy atom. The molecule has 1 spiro atoms. The van der Waals surface area contributed by atoms with Crippen molar-refractivity contribution in [2.24, 2.45) is 0 Å². The van der Waals surface area contributed by atoms with Crippen LogP contribution in [-0.2, 0) is 5.41 Å². The summed E-state index contributed by atoms with van der Waals surface area (Å²) in [6, 6.07) is 39.5. The summed E-state index contributed by atoms with van der Waals surface area (Å²) < 4.78 is 10.9. The summed E-state index contributed by atoms with van der Waals surface area (Å²) in [5, 5.41) is 0. The Bertz CT molecular complexity index is 2270. The molecule has 0 radical (unpaired) electrons. The summed E-state index contributed by atoms with van der Waals surface area (Å²) in [7, 11) is 0. The van der Waals surface area contributed by atoms with Crippen molar-refractivity contribution >= 4 is 0 Å². The Labute approximate surface area is 270 Å². The summed E-state index contributed by atoms with van der Waals surface area (Å²) in [5.74, 6) is 1.02. The van der Waals surface area contributed by atoms with E-state index in [1.807, 2.05) is 24.5 Å². The third-order valence-electron chi connectivity index (χ3n) is 9.59. The van der Waals surface area contributed by atoms with Crippen molar-refractivity contribution in [2.75, 3.05) is 0 Å². The Morgan fingerprint density at radius 2 is 0.851 bits per heavy atom. The second-order valence-corrected chi connectivity index (χ2v) is 11.9. The molecule has 0 atom stereocenters. The highest BCUT2D eigenvalue weighted by molar-refractivity contribution is 5.96. The minimum Gasteiger partial charge on any atom is -0.443 e. The van der Waals surface area contributed by atoms with Gasteiger partial charge in [-0.3, -0.25) is 9.97 Å². The van der Waals surface area contributed by atoms with Gasteiger partial charge in [0.2, 0.25) is 11.8 Å². The molecular formula is C41H24N4O2. The van der Waals surface area contributed by atoms with Crippen LogP contribution in [0.15, 0.2) is 155 Å². The van der Waals surface area contributed by atoms with Crippen LogP contribution in [0.2, 0.25) is 0 Å². The van der Waals surface area contributed by atoms with E-state index in [4.69, 9.17) is 8.83 Å². The third kappa shape index (κ3) is 3.66. The normalized spacial score (nSPS) is 13.3. The van der Waals surface area contributed by atoms with Crippen LogP contribution in [0.25, 0.3) is 67.7 Å². The number of rotatable bonds is 4. The van der Waals surface area contributed by atoms with Crippen molar-refractivity contribution in [3.8, 4) is 67.7 Å². The van der Waals surface area contributed by atoms with Gasteiger partial charge >= 0.3 is 0 Å². The van der Waals surface area contributed by atoms with Gasteiger partial charge in [-0.15, -0.1) is 0 Å². The number of nitrogens with zero attached hydrogens (tertiary/aromatic N) is 4. The number of fused-ring (bicyclic) bond motifs is 10. The number of oxazole rings is 2. The minimum absolute atomic E-state index is 0.485. The largest absolute Gasteiger partial charge is 0.443 e. The number of hydrogen-bond donors (Lipinski definition) is 0. The SMILES string of the molecule is c1ccc2c(c1)-c1ccccc1C21c2cc(-c3ccc(-c4ncco4)nc3)ccc2-c2ccc(-c3ccc(-c4ncco4)nc3)cc21. The zero-order valence-corrected chi connectivity index (χ0v) is 25.0. The molecule has 47 heavy (non-hydrogen) atoms. The van der Waals surface area contributed by atoms with Crippen molar-refractivity contribution in [3.63, 3.8) is 0 Å². The van der Waals surface area contributed by atoms with Crippen molar-refractivity contribution in [2.45, 2.75) is 5.41 Å². The lowest BCUT2D eigenvalue weighted by molar-refractivity contribution is 0.572. The Hall–Kier alpha value is -6.40. The Balaban J connectivity index is 1.18. The van der Waals surface area contributed by atoms with E-state index in [9.17, 15) is 0 Å². The molecule has 4 aromatic heterocycles. The first-order valence-corrected chi connectivity index (χ1v) is 15.5. The van der Waals surface area contributed by atoms with Gasteiger partial charge in [-0.2, -0.15) is 0 Å². The fraction of sp³-hybridized carbons (Fsp3) is 0.0244. The summed E-state index contributed by atoms with van der Waals surface area (Å²) >= 11 is 0. The number of aromatic nitrogens is 4. The molecule has 6 nitrogen and oxygen atoms in total. The quantitative estimate of drug-likeness (QED) is 0.199. The predicted octanol–water partition coefficient (Wildman–Crippen LogP) is 9.46. The van der Waals surface area contributed by atoms with Crippen LogP contribution in [0.3, 0.4) is 0 Å². The maximum absolute atomic E-state index is 5.47. The standard InChI is InChI=1S/C41H24N4O2/c1-3-7-33-29(5-1)30-6-2-4-8-34(30)41(33)35-21-25(27-11-15-37(44-23-27)39-42-17-19-46-39)9-13-31(35)32-14-10-26(22-36(32)41)28-12-16-38(45-24-28)40-43-18-20-47-40/h1-24H. The third-order valence-corrected chi connectivity index (χ3v) is 9.59. The zero-order chi connectivity index (χ0) is 31.0. The lowest BCUT2D eigenvalue weighted by atomic mass is 9.70. The first-order chi connectivity index (χ1) is 23.3. The van der Waals surface area contributed by atoms with E-state index in [1.54, 1.807) is 24.9 Å². The molecule has 0 bridgehead atoms. The number of pyridine rings is 2. The lowest BCUT2D eigenvalue weighted by Crippen LogP contribution is -2.26. The fourth-order valence-electron chi connectivity index (χ4n) is 7.58. The van der Waals surface area contributed by atoms with E-state index in [-0.39, 0.29) is 0 Å². The lowest BCUT2D eigenvalue weighted by Gasteiger charge is -2.31. The van der Waals surface area contributed by atoms with Crippen LogP contribution < -0.4 is 0 Å². The molecule has 0 N–H and O–H groups in total. The second kappa shape index (κ2) is 9.80. The fourth-order valence-corrected chi connectivity index (χ4v) is 7.58. The zero-order valence-electron chi connectivity index (χ0n) is 25.0. The van der Waals surface area contributed by atoms with Crippen LogP contribution in [0.4, 0.5) is 0 Å². The molecule has 8 aromatic rings. The van der Waals surface area contributed by atoms with Gasteiger partial charge in [-0.25, -0.2) is 9.97 Å². The van der Waals surface area contributed by atoms with E-state index in [0.717, 1.165) is 22.3 Å². The first kappa shape index (κ1) is 25.9. The molecule has 2 aliphatic rings. The van der Waals surface area contributed by atoms with E-state index < -0.39 is 5.41 Å². The van der Waals surface area contributed by atoms with Crippen LogP contribution in [0.5, 0.6) is 0 Å². The highest BCUT2D eigenvalue weighted by Gasteiger charge is 2.51. The van der Waals surface area contributed by atoms with Gasteiger partial charge in [-0.1, -0.05) is 84.9 Å². The van der Waals surface area contributed by atoms with E-state index in [0.29, 0.717) is 23.2 Å². The van der Waals surface area contributed by atoms with Crippen molar-refractivity contribution in [3.05, 3.63) is 169 Å². The maximum Gasteiger partial charge on any atom is 0.244 e. The van der Waals surface area contributed by atoms with Gasteiger partial charge in [-0.05, 0) is 79.9 Å². The van der Waals surface area contributed by atoms with Gasteiger partial charge < -0.3 is 8.83 Å². The van der Waals surface area contributed by atoms with Crippen molar-refractivity contribution in [1.82, 2.24) is 19.9 Å². The van der Waals surface area contributed by atoms with Gasteiger partial charge in [0.25, 0.3) is 0 Å². The molecule has 0 aliphatic heterocycles. The maximum atomic E-state index is 5.47. The highest BCUT2D eigenvalue weighted by atomic mass is 16.3. The molecule has 4 aromatic carbocycles. The molecule has 0 saturated heterocycles. The van der Waals surface area contributed by atoms with E-state index in [1.165, 1.54) is 44.5 Å².